The Morgan fingerprint density at radius 1 is 0.792 bits per heavy atom. The molecule has 9 heteroatoms. The van der Waals surface area contributed by atoms with Gasteiger partial charge in [0.1, 0.15) is 0 Å². The SMILES string of the molecule is CC(C)(C)c1ccc(-c2nnc(-c3ccc(CCc4ccc(-c5[c-]cc(F)cc5F)nc4)cc3)o2)cc1.CC(O)CC(O)C(C)(C)C.[Pt]. The zero-order chi connectivity index (χ0) is 34.4. The smallest absolute Gasteiger partial charge is 0.248 e. The number of benzene rings is 3. The predicted molar refractivity (Wildman–Crippen MR) is 181 cm³/mol. The topological polar surface area (TPSA) is 92.3 Å². The second-order valence-electron chi connectivity index (χ2n) is 14.0. The molecule has 3 aromatic carbocycles. The van der Waals surface area contributed by atoms with Crippen LogP contribution in [0.3, 0.4) is 0 Å². The molecule has 2 atom stereocenters. The zero-order valence-electron chi connectivity index (χ0n) is 28.5. The fourth-order valence-electron chi connectivity index (χ4n) is 4.71. The molecule has 2 heterocycles. The van der Waals surface area contributed by atoms with Gasteiger partial charge in [0.2, 0.25) is 11.8 Å². The Labute approximate surface area is 297 Å². The Bertz CT molecular complexity index is 1730. The number of hydrogen-bond donors (Lipinski definition) is 2. The summed E-state index contributed by atoms with van der Waals surface area (Å²) in [6, 6.07) is 24.4. The van der Waals surface area contributed by atoms with Crippen molar-refractivity contribution < 1.29 is 44.5 Å². The van der Waals surface area contributed by atoms with Crippen LogP contribution >= 0.6 is 0 Å². The largest absolute Gasteiger partial charge is 0.416 e. The van der Waals surface area contributed by atoms with Crippen LogP contribution in [-0.4, -0.2) is 37.6 Å². The summed E-state index contributed by atoms with van der Waals surface area (Å²) in [5.74, 6) is -0.360. The molecule has 0 fully saturated rings. The van der Waals surface area contributed by atoms with Gasteiger partial charge in [-0.05, 0) is 83.7 Å². The number of aliphatic hydroxyl groups excluding tert-OH is 2. The summed E-state index contributed by atoms with van der Waals surface area (Å²) in [6.45, 7) is 14.1. The maximum absolute atomic E-state index is 14.0. The van der Waals surface area contributed by atoms with Crippen LogP contribution in [0.4, 0.5) is 8.78 Å². The van der Waals surface area contributed by atoms with Gasteiger partial charge < -0.3 is 19.6 Å². The molecule has 0 aliphatic rings. The van der Waals surface area contributed by atoms with Crippen molar-refractivity contribution >= 4 is 0 Å². The van der Waals surface area contributed by atoms with E-state index < -0.39 is 23.8 Å². The number of hydrogen-bond acceptors (Lipinski definition) is 6. The molecule has 6 nitrogen and oxygen atoms in total. The van der Waals surface area contributed by atoms with Gasteiger partial charge in [0.05, 0.1) is 12.2 Å². The molecular weight excluding hydrogens is 792 g/mol. The van der Waals surface area contributed by atoms with Gasteiger partial charge in [-0.2, -0.15) is 0 Å². The van der Waals surface area contributed by atoms with Crippen molar-refractivity contribution in [2.24, 2.45) is 5.41 Å². The van der Waals surface area contributed by atoms with Gasteiger partial charge in [0, 0.05) is 50.0 Å². The zero-order valence-corrected chi connectivity index (χ0v) is 30.8. The van der Waals surface area contributed by atoms with E-state index in [2.05, 4.69) is 54.2 Å². The Hall–Kier alpha value is -3.58. The van der Waals surface area contributed by atoms with Gasteiger partial charge in [0.25, 0.3) is 0 Å². The van der Waals surface area contributed by atoms with Crippen LogP contribution in [0.5, 0.6) is 0 Å². The van der Waals surface area contributed by atoms with Crippen LogP contribution in [0.25, 0.3) is 34.2 Å². The van der Waals surface area contributed by atoms with Crippen molar-refractivity contribution in [1.82, 2.24) is 15.2 Å². The second-order valence-corrected chi connectivity index (χ2v) is 14.0. The Morgan fingerprint density at radius 2 is 1.33 bits per heavy atom. The van der Waals surface area contributed by atoms with E-state index in [1.165, 1.54) is 5.56 Å². The number of aliphatic hydroxyl groups is 2. The monoisotopic (exact) mass is 835 g/mol. The molecule has 0 aliphatic carbocycles. The Kier molecular flexibility index (Phi) is 13.5. The van der Waals surface area contributed by atoms with Crippen LogP contribution in [0.1, 0.15) is 71.6 Å². The first-order valence-corrected chi connectivity index (χ1v) is 15.8. The number of halogens is 2. The molecule has 0 saturated carbocycles. The molecule has 48 heavy (non-hydrogen) atoms. The average Bonchev–Trinajstić information content (AvgIpc) is 3.50. The van der Waals surface area contributed by atoms with Crippen molar-refractivity contribution in [2.75, 3.05) is 0 Å². The summed E-state index contributed by atoms with van der Waals surface area (Å²) < 4.78 is 33.0. The van der Waals surface area contributed by atoms with Crippen molar-refractivity contribution in [3.8, 4) is 34.2 Å². The second kappa shape index (κ2) is 16.7. The van der Waals surface area contributed by atoms with E-state index in [-0.39, 0.29) is 37.5 Å². The molecule has 0 aliphatic heterocycles. The van der Waals surface area contributed by atoms with Gasteiger partial charge in [-0.25, -0.2) is 0 Å². The summed E-state index contributed by atoms with van der Waals surface area (Å²) >= 11 is 0. The average molecular weight is 836 g/mol. The number of aromatic nitrogens is 3. The van der Waals surface area contributed by atoms with Gasteiger partial charge in [-0.15, -0.1) is 22.3 Å². The van der Waals surface area contributed by atoms with E-state index in [0.29, 0.717) is 23.9 Å². The van der Waals surface area contributed by atoms with E-state index in [9.17, 15) is 13.9 Å². The number of aryl methyl sites for hydroxylation is 2. The minimum Gasteiger partial charge on any atom is -0.416 e. The molecule has 5 aromatic rings. The van der Waals surface area contributed by atoms with Crippen molar-refractivity contribution in [2.45, 2.75) is 85.4 Å². The van der Waals surface area contributed by atoms with E-state index >= 15 is 0 Å². The standard InChI is InChI=1S/C31H26F2N3O.C8H18O2.Pt/c1-31(2,3)24-13-11-23(12-14-24)30-36-35-29(37-30)22-9-6-20(7-10-22)4-5-21-8-17-28(34-19-21)26-16-15-25(32)18-27(26)33;1-6(9)5-7(10)8(2,3)4;/h6-15,17-19H,4-5H2,1-3H3;6-7,9-10H,5H2,1-4H3;/q-1;;. The third-order valence-corrected chi connectivity index (χ3v) is 7.83. The fourth-order valence-corrected chi connectivity index (χ4v) is 4.71. The van der Waals surface area contributed by atoms with E-state index in [1.54, 1.807) is 19.2 Å². The molecule has 2 unspecified atom stereocenters. The first-order chi connectivity index (χ1) is 22.1. The van der Waals surface area contributed by atoms with Gasteiger partial charge in [0.15, 0.2) is 0 Å². The molecule has 0 amide bonds. The molecular formula is C39H44F2N3O3Pt-. The fraction of sp³-hybridized carbons (Fsp3) is 0.359. The third-order valence-electron chi connectivity index (χ3n) is 7.83. The Balaban J connectivity index is 0.000000496. The normalized spacial score (nSPS) is 12.8. The van der Waals surface area contributed by atoms with Crippen molar-refractivity contribution in [3.63, 3.8) is 0 Å². The molecule has 0 saturated heterocycles. The molecule has 0 spiro atoms. The Morgan fingerprint density at radius 3 is 1.79 bits per heavy atom. The van der Waals surface area contributed by atoms with Gasteiger partial charge in [-0.3, -0.25) is 8.78 Å². The van der Waals surface area contributed by atoms with Crippen molar-refractivity contribution in [3.05, 3.63) is 113 Å². The molecule has 0 radical (unpaired) electrons. The first kappa shape index (κ1) is 38.9. The number of nitrogens with zero attached hydrogens (tertiary/aromatic N) is 3. The molecule has 2 aromatic heterocycles. The number of rotatable bonds is 8. The molecule has 5 rings (SSSR count). The van der Waals surface area contributed by atoms with Gasteiger partial charge in [-0.1, -0.05) is 89.6 Å². The van der Waals surface area contributed by atoms with E-state index in [4.69, 9.17) is 9.52 Å². The molecule has 2 N–H and O–H groups in total. The third kappa shape index (κ3) is 11.0. The quantitative estimate of drug-likeness (QED) is 0.152. The summed E-state index contributed by atoms with van der Waals surface area (Å²) in [5, 5.41) is 26.8. The minimum absolute atomic E-state index is 0. The van der Waals surface area contributed by atoms with Crippen molar-refractivity contribution in [1.29, 1.82) is 0 Å². The van der Waals surface area contributed by atoms with Crippen LogP contribution in [0.2, 0.25) is 0 Å². The molecule has 258 valence electrons. The van der Waals surface area contributed by atoms with E-state index in [0.717, 1.165) is 47.2 Å². The first-order valence-electron chi connectivity index (χ1n) is 15.8. The molecule has 0 bridgehead atoms. The maximum Gasteiger partial charge on any atom is 0.248 e. The van der Waals surface area contributed by atoms with Crippen LogP contribution in [0, 0.1) is 23.1 Å². The summed E-state index contributed by atoms with van der Waals surface area (Å²) in [7, 11) is 0. The summed E-state index contributed by atoms with van der Waals surface area (Å²) in [5.41, 5.74) is 5.74. The predicted octanol–water partition coefficient (Wildman–Crippen LogP) is 8.79. The summed E-state index contributed by atoms with van der Waals surface area (Å²) in [6.07, 6.45) is 2.95. The van der Waals surface area contributed by atoms with Gasteiger partial charge >= 0.3 is 0 Å². The van der Waals surface area contributed by atoms with Crippen LogP contribution in [0.15, 0.2) is 83.4 Å². The number of pyridine rings is 1. The van der Waals surface area contributed by atoms with Crippen LogP contribution < -0.4 is 0 Å². The minimum atomic E-state index is -0.674. The van der Waals surface area contributed by atoms with Crippen LogP contribution in [-0.2, 0) is 39.3 Å². The summed E-state index contributed by atoms with van der Waals surface area (Å²) in [4.78, 5) is 4.33. The van der Waals surface area contributed by atoms with E-state index in [1.807, 2.05) is 63.2 Å². The maximum atomic E-state index is 14.0.